The molecule has 6 nitrogen and oxygen atoms in total. The zero-order valence-electron chi connectivity index (χ0n) is 12.3. The van der Waals surface area contributed by atoms with Crippen molar-refractivity contribution in [2.24, 2.45) is 5.73 Å². The molecular weight excluding hydrogens is 342 g/mol. The van der Waals surface area contributed by atoms with Gasteiger partial charge in [0.25, 0.3) is 11.8 Å². The Morgan fingerprint density at radius 1 is 1.21 bits per heavy atom. The molecule has 126 valence electrons. The second kappa shape index (κ2) is 7.18. The Labute approximate surface area is 139 Å². The summed E-state index contributed by atoms with van der Waals surface area (Å²) in [5.41, 5.74) is 4.78. The molecule has 0 radical (unpaired) electrons. The van der Waals surface area contributed by atoms with E-state index in [4.69, 9.17) is 10.5 Å². The lowest BCUT2D eigenvalue weighted by atomic mass is 10.2. The minimum absolute atomic E-state index is 0.122. The lowest BCUT2D eigenvalue weighted by Gasteiger charge is -2.13. The predicted molar refractivity (Wildman–Crippen MR) is 82.7 cm³/mol. The molecule has 0 fully saturated rings. The molecule has 0 aliphatic carbocycles. The number of hydrogen-bond donors (Lipinski definition) is 2. The number of esters is 1. The van der Waals surface area contributed by atoms with Crippen LogP contribution >= 0.6 is 11.3 Å². The number of nitrogens with one attached hydrogen (secondary N) is 1. The van der Waals surface area contributed by atoms with E-state index in [1.165, 1.54) is 13.0 Å². The van der Waals surface area contributed by atoms with Gasteiger partial charge in [0, 0.05) is 6.07 Å². The molecule has 0 bridgehead atoms. The number of carbonyl (C=O) groups excluding carboxylic acids is 3. The monoisotopic (exact) mass is 354 g/mol. The van der Waals surface area contributed by atoms with Gasteiger partial charge in [0.2, 0.25) is 0 Å². The Morgan fingerprint density at radius 2 is 1.92 bits per heavy atom. The van der Waals surface area contributed by atoms with E-state index in [0.29, 0.717) is 6.07 Å². The molecule has 2 amide bonds. The normalized spacial score (nSPS) is 11.6. The molecule has 2 aromatic rings. The molecule has 2 rings (SSSR count). The van der Waals surface area contributed by atoms with Crippen LogP contribution in [-0.2, 0) is 9.53 Å². The Hall–Kier alpha value is -2.81. The van der Waals surface area contributed by atoms with E-state index < -0.39 is 41.1 Å². The highest BCUT2D eigenvalue weighted by atomic mass is 32.1. The summed E-state index contributed by atoms with van der Waals surface area (Å²) in [5, 5.41) is 4.17. The van der Waals surface area contributed by atoms with E-state index in [0.717, 1.165) is 23.5 Å². The summed E-state index contributed by atoms with van der Waals surface area (Å²) in [4.78, 5) is 35.0. The maximum atomic E-state index is 13.5. The van der Waals surface area contributed by atoms with Gasteiger partial charge in [0.1, 0.15) is 16.6 Å². The largest absolute Gasteiger partial charge is 0.449 e. The van der Waals surface area contributed by atoms with Gasteiger partial charge in [-0.15, -0.1) is 11.3 Å². The Bertz CT molecular complexity index is 807. The second-order valence-corrected chi connectivity index (χ2v) is 5.60. The third-order valence-electron chi connectivity index (χ3n) is 2.97. The molecule has 24 heavy (non-hydrogen) atoms. The summed E-state index contributed by atoms with van der Waals surface area (Å²) in [6, 6.07) is 3.79. The summed E-state index contributed by atoms with van der Waals surface area (Å²) in [6.07, 6.45) is -1.27. The lowest BCUT2D eigenvalue weighted by Crippen LogP contribution is -2.30. The number of rotatable bonds is 5. The molecule has 0 aliphatic rings. The van der Waals surface area contributed by atoms with Gasteiger partial charge in [-0.2, -0.15) is 0 Å². The molecule has 0 unspecified atom stereocenters. The quantitative estimate of drug-likeness (QED) is 0.805. The number of thiophene rings is 1. The highest BCUT2D eigenvalue weighted by molar-refractivity contribution is 7.14. The van der Waals surface area contributed by atoms with Crippen LogP contribution in [0.5, 0.6) is 0 Å². The zero-order chi connectivity index (χ0) is 17.9. The molecule has 0 spiro atoms. The summed E-state index contributed by atoms with van der Waals surface area (Å²) in [7, 11) is 0. The van der Waals surface area contributed by atoms with Crippen molar-refractivity contribution in [3.63, 3.8) is 0 Å². The van der Waals surface area contributed by atoms with Crippen LogP contribution in [0.3, 0.4) is 0 Å². The number of nitrogens with two attached hydrogens (primary N) is 1. The minimum atomic E-state index is -1.27. The topological polar surface area (TPSA) is 98.5 Å². The first kappa shape index (κ1) is 17.5. The fraction of sp³-hybridized carbons (Fsp3) is 0.133. The number of benzene rings is 1. The van der Waals surface area contributed by atoms with E-state index in [9.17, 15) is 23.2 Å². The first-order chi connectivity index (χ1) is 11.3. The molecule has 0 saturated carbocycles. The third-order valence-corrected chi connectivity index (χ3v) is 3.80. The van der Waals surface area contributed by atoms with Crippen LogP contribution in [0, 0.1) is 11.6 Å². The number of halogens is 2. The standard InChI is InChI=1S/C15H12F2N2O4S/c1-7(13(21)19-14-10(12(18)20)4-5-24-14)23-15(22)9-3-2-8(16)6-11(9)17/h2-7H,1H3,(H2,18,20)(H,19,21)/t7-/m0/s1. The van der Waals surface area contributed by atoms with Crippen molar-refractivity contribution < 1.29 is 27.9 Å². The maximum Gasteiger partial charge on any atom is 0.341 e. The van der Waals surface area contributed by atoms with Crippen LogP contribution in [0.1, 0.15) is 27.6 Å². The third kappa shape index (κ3) is 3.93. The van der Waals surface area contributed by atoms with Crippen molar-refractivity contribution >= 4 is 34.1 Å². The summed E-state index contributed by atoms with van der Waals surface area (Å²) in [6.45, 7) is 1.27. The average Bonchev–Trinajstić information content (AvgIpc) is 2.95. The highest BCUT2D eigenvalue weighted by Crippen LogP contribution is 2.23. The van der Waals surface area contributed by atoms with E-state index in [1.54, 1.807) is 5.38 Å². The van der Waals surface area contributed by atoms with Gasteiger partial charge < -0.3 is 15.8 Å². The molecule has 1 atom stereocenters. The number of primary amides is 1. The number of ether oxygens (including phenoxy) is 1. The fourth-order valence-electron chi connectivity index (χ4n) is 1.75. The molecule has 0 aliphatic heterocycles. The van der Waals surface area contributed by atoms with Gasteiger partial charge >= 0.3 is 5.97 Å². The molecular formula is C15H12F2N2O4S. The van der Waals surface area contributed by atoms with Gasteiger partial charge in [-0.05, 0) is 30.5 Å². The van der Waals surface area contributed by atoms with Crippen molar-refractivity contribution in [3.05, 3.63) is 52.4 Å². The SMILES string of the molecule is C[C@H](OC(=O)c1ccc(F)cc1F)C(=O)Nc1sccc1C(N)=O. The van der Waals surface area contributed by atoms with Crippen LogP contribution in [-0.4, -0.2) is 23.9 Å². The molecule has 3 N–H and O–H groups in total. The Balaban J connectivity index is 2.04. The van der Waals surface area contributed by atoms with Crippen LogP contribution in [0.4, 0.5) is 13.8 Å². The molecule has 1 heterocycles. The Kier molecular flexibility index (Phi) is 5.24. The van der Waals surface area contributed by atoms with E-state index in [1.807, 2.05) is 0 Å². The molecule has 9 heteroatoms. The van der Waals surface area contributed by atoms with Gasteiger partial charge in [0.15, 0.2) is 6.10 Å². The second-order valence-electron chi connectivity index (χ2n) is 4.69. The van der Waals surface area contributed by atoms with E-state index in [2.05, 4.69) is 5.32 Å². The number of hydrogen-bond acceptors (Lipinski definition) is 5. The van der Waals surface area contributed by atoms with Gasteiger partial charge in [-0.1, -0.05) is 0 Å². The summed E-state index contributed by atoms with van der Waals surface area (Å²) in [5.74, 6) is -4.50. The minimum Gasteiger partial charge on any atom is -0.449 e. The van der Waals surface area contributed by atoms with Crippen LogP contribution in [0.15, 0.2) is 29.6 Å². The van der Waals surface area contributed by atoms with Crippen molar-refractivity contribution in [1.29, 1.82) is 0 Å². The summed E-state index contributed by atoms with van der Waals surface area (Å²) < 4.78 is 31.2. The molecule has 1 aromatic heterocycles. The summed E-state index contributed by atoms with van der Waals surface area (Å²) >= 11 is 1.07. The van der Waals surface area contributed by atoms with Crippen molar-refractivity contribution in [2.45, 2.75) is 13.0 Å². The highest BCUT2D eigenvalue weighted by Gasteiger charge is 2.23. The van der Waals surface area contributed by atoms with Gasteiger partial charge in [0.05, 0.1) is 11.1 Å². The number of amides is 2. The van der Waals surface area contributed by atoms with Crippen LogP contribution < -0.4 is 11.1 Å². The average molecular weight is 354 g/mol. The number of anilines is 1. The van der Waals surface area contributed by atoms with Crippen molar-refractivity contribution in [1.82, 2.24) is 0 Å². The van der Waals surface area contributed by atoms with E-state index in [-0.39, 0.29) is 10.6 Å². The van der Waals surface area contributed by atoms with Crippen LogP contribution in [0.25, 0.3) is 0 Å². The van der Waals surface area contributed by atoms with Crippen LogP contribution in [0.2, 0.25) is 0 Å². The smallest absolute Gasteiger partial charge is 0.341 e. The lowest BCUT2D eigenvalue weighted by molar-refractivity contribution is -0.123. The first-order valence-corrected chi connectivity index (χ1v) is 7.51. The van der Waals surface area contributed by atoms with Gasteiger partial charge in [-0.3, -0.25) is 9.59 Å². The molecule has 0 saturated heterocycles. The fourth-order valence-corrected chi connectivity index (χ4v) is 2.54. The Morgan fingerprint density at radius 3 is 2.54 bits per heavy atom. The van der Waals surface area contributed by atoms with Crippen molar-refractivity contribution in [2.75, 3.05) is 5.32 Å². The molecule has 1 aromatic carbocycles. The number of carbonyl (C=O) groups is 3. The van der Waals surface area contributed by atoms with E-state index >= 15 is 0 Å². The first-order valence-electron chi connectivity index (χ1n) is 6.63. The zero-order valence-corrected chi connectivity index (χ0v) is 13.2. The predicted octanol–water partition coefficient (Wildman–Crippen LogP) is 2.31. The maximum absolute atomic E-state index is 13.5. The van der Waals surface area contributed by atoms with Crippen molar-refractivity contribution in [3.8, 4) is 0 Å². The van der Waals surface area contributed by atoms with Gasteiger partial charge in [-0.25, -0.2) is 13.6 Å².